The Morgan fingerprint density at radius 2 is 1.96 bits per heavy atom. The summed E-state index contributed by atoms with van der Waals surface area (Å²) in [6.45, 7) is 2.07. The molecular formula is C18H28N2O4S. The highest BCUT2D eigenvalue weighted by molar-refractivity contribution is 7.88. The average Bonchev–Trinajstić information content (AvgIpc) is 2.61. The van der Waals surface area contributed by atoms with Gasteiger partial charge in [-0.2, -0.15) is 0 Å². The second kappa shape index (κ2) is 9.89. The number of nitrogens with one attached hydrogen (secondary N) is 2. The van der Waals surface area contributed by atoms with Crippen LogP contribution >= 0.6 is 0 Å². The number of piperidine rings is 1. The standard InChI is InChI=1S/C18H28N2O4S/c1-24-18(21)17(9-5-8-15-10-12-19-13-11-15)20-25(22,23)14-16-6-3-2-4-7-16/h2-4,6-7,15,17,19-20H,5,8-14H2,1H3/t17-/m1/s1. The van der Waals surface area contributed by atoms with E-state index in [1.54, 1.807) is 24.3 Å². The Morgan fingerprint density at radius 1 is 1.28 bits per heavy atom. The van der Waals surface area contributed by atoms with Crippen LogP contribution in [0.25, 0.3) is 0 Å². The van der Waals surface area contributed by atoms with Gasteiger partial charge in [0.25, 0.3) is 0 Å². The predicted octanol–water partition coefficient (Wildman–Crippen LogP) is 1.82. The molecule has 0 unspecified atom stereocenters. The van der Waals surface area contributed by atoms with E-state index >= 15 is 0 Å². The molecule has 0 radical (unpaired) electrons. The number of esters is 1. The maximum atomic E-state index is 12.4. The monoisotopic (exact) mass is 368 g/mol. The van der Waals surface area contributed by atoms with Crippen molar-refractivity contribution in [2.24, 2.45) is 5.92 Å². The SMILES string of the molecule is COC(=O)[C@@H](CCCC1CCNCC1)NS(=O)(=O)Cc1ccccc1. The van der Waals surface area contributed by atoms with Crippen molar-refractivity contribution >= 4 is 16.0 Å². The van der Waals surface area contributed by atoms with Crippen molar-refractivity contribution in [1.82, 2.24) is 10.0 Å². The van der Waals surface area contributed by atoms with Crippen molar-refractivity contribution < 1.29 is 17.9 Å². The Morgan fingerprint density at radius 3 is 2.60 bits per heavy atom. The molecule has 2 rings (SSSR count). The zero-order valence-electron chi connectivity index (χ0n) is 14.7. The fourth-order valence-corrected chi connectivity index (χ4v) is 4.56. The first-order valence-electron chi connectivity index (χ1n) is 8.82. The number of methoxy groups -OCH3 is 1. The van der Waals surface area contributed by atoms with Crippen LogP contribution in [0.5, 0.6) is 0 Å². The summed E-state index contributed by atoms with van der Waals surface area (Å²) in [4.78, 5) is 12.0. The third kappa shape index (κ3) is 7.13. The molecule has 1 heterocycles. The van der Waals surface area contributed by atoms with E-state index in [0.717, 1.165) is 38.8 Å². The van der Waals surface area contributed by atoms with Crippen molar-refractivity contribution in [3.63, 3.8) is 0 Å². The normalized spacial score (nSPS) is 17.2. The van der Waals surface area contributed by atoms with Gasteiger partial charge in [-0.25, -0.2) is 13.1 Å². The van der Waals surface area contributed by atoms with Gasteiger partial charge in [0.05, 0.1) is 12.9 Å². The third-order valence-electron chi connectivity index (χ3n) is 4.57. The first-order valence-corrected chi connectivity index (χ1v) is 10.5. The van der Waals surface area contributed by atoms with Crippen LogP contribution in [0.4, 0.5) is 0 Å². The molecule has 0 saturated carbocycles. The van der Waals surface area contributed by atoms with E-state index in [0.29, 0.717) is 17.9 Å². The van der Waals surface area contributed by atoms with Gasteiger partial charge < -0.3 is 10.1 Å². The van der Waals surface area contributed by atoms with Crippen LogP contribution < -0.4 is 10.0 Å². The number of sulfonamides is 1. The van der Waals surface area contributed by atoms with E-state index in [9.17, 15) is 13.2 Å². The quantitative estimate of drug-likeness (QED) is 0.650. The Kier molecular flexibility index (Phi) is 7.87. The van der Waals surface area contributed by atoms with Gasteiger partial charge >= 0.3 is 5.97 Å². The van der Waals surface area contributed by atoms with E-state index in [4.69, 9.17) is 4.74 Å². The van der Waals surface area contributed by atoms with Gasteiger partial charge in [-0.15, -0.1) is 0 Å². The van der Waals surface area contributed by atoms with Crippen LogP contribution in [0.3, 0.4) is 0 Å². The molecule has 0 spiro atoms. The number of hydrogen-bond acceptors (Lipinski definition) is 5. The molecule has 1 atom stereocenters. The smallest absolute Gasteiger partial charge is 0.323 e. The van der Waals surface area contributed by atoms with E-state index < -0.39 is 22.0 Å². The number of carbonyl (C=O) groups is 1. The molecular weight excluding hydrogens is 340 g/mol. The average molecular weight is 368 g/mol. The van der Waals surface area contributed by atoms with Gasteiger partial charge in [0.1, 0.15) is 6.04 Å². The van der Waals surface area contributed by atoms with Crippen molar-refractivity contribution in [2.45, 2.75) is 43.9 Å². The summed E-state index contributed by atoms with van der Waals surface area (Å²) in [5, 5.41) is 3.33. The molecule has 0 amide bonds. The lowest BCUT2D eigenvalue weighted by Crippen LogP contribution is -2.42. The maximum Gasteiger partial charge on any atom is 0.323 e. The van der Waals surface area contributed by atoms with Crippen LogP contribution in [0, 0.1) is 5.92 Å². The van der Waals surface area contributed by atoms with E-state index in [-0.39, 0.29) is 5.75 Å². The molecule has 2 N–H and O–H groups in total. The van der Waals surface area contributed by atoms with Crippen molar-refractivity contribution in [3.8, 4) is 0 Å². The topological polar surface area (TPSA) is 84.5 Å². The zero-order valence-corrected chi connectivity index (χ0v) is 15.6. The Bertz CT molecular complexity index is 628. The van der Waals surface area contributed by atoms with Gasteiger partial charge in [-0.05, 0) is 43.8 Å². The summed E-state index contributed by atoms with van der Waals surface area (Å²) >= 11 is 0. The first-order chi connectivity index (χ1) is 12.0. The predicted molar refractivity (Wildman–Crippen MR) is 97.5 cm³/mol. The molecule has 1 aromatic rings. The van der Waals surface area contributed by atoms with Gasteiger partial charge in [0.15, 0.2) is 0 Å². The summed E-state index contributed by atoms with van der Waals surface area (Å²) in [5.41, 5.74) is 0.688. The zero-order chi connectivity index (χ0) is 18.1. The number of carbonyl (C=O) groups excluding carboxylic acids is 1. The number of rotatable bonds is 9. The van der Waals surface area contributed by atoms with Crippen LogP contribution in [-0.4, -0.2) is 40.6 Å². The van der Waals surface area contributed by atoms with Crippen LogP contribution in [0.2, 0.25) is 0 Å². The molecule has 0 aromatic heterocycles. The molecule has 0 bridgehead atoms. The summed E-state index contributed by atoms with van der Waals surface area (Å²) < 4.78 is 32.0. The fourth-order valence-electron chi connectivity index (χ4n) is 3.20. The second-order valence-corrected chi connectivity index (χ2v) is 8.32. The molecule has 1 aliphatic heterocycles. The highest BCUT2D eigenvalue weighted by atomic mass is 32.2. The summed E-state index contributed by atoms with van der Waals surface area (Å²) in [6, 6.07) is 8.11. The largest absolute Gasteiger partial charge is 0.468 e. The highest BCUT2D eigenvalue weighted by Crippen LogP contribution is 2.20. The third-order valence-corrected chi connectivity index (χ3v) is 5.93. The van der Waals surface area contributed by atoms with Gasteiger partial charge in [-0.3, -0.25) is 4.79 Å². The van der Waals surface area contributed by atoms with E-state index in [1.807, 2.05) is 6.07 Å². The van der Waals surface area contributed by atoms with Crippen LogP contribution in [-0.2, 0) is 25.3 Å². The molecule has 1 aromatic carbocycles. The van der Waals surface area contributed by atoms with Gasteiger partial charge in [0, 0.05) is 0 Å². The first kappa shape index (κ1) is 19.9. The number of benzene rings is 1. The molecule has 0 aliphatic carbocycles. The summed E-state index contributed by atoms with van der Waals surface area (Å²) in [5.74, 6) is -0.0160. The van der Waals surface area contributed by atoms with Crippen molar-refractivity contribution in [1.29, 1.82) is 0 Å². The second-order valence-electron chi connectivity index (χ2n) is 6.56. The Hall–Kier alpha value is -1.44. The number of ether oxygens (including phenoxy) is 1. The highest BCUT2D eigenvalue weighted by Gasteiger charge is 2.25. The van der Waals surface area contributed by atoms with Crippen LogP contribution in [0.15, 0.2) is 30.3 Å². The van der Waals surface area contributed by atoms with E-state index in [1.165, 1.54) is 7.11 Å². The van der Waals surface area contributed by atoms with Gasteiger partial charge in [0.2, 0.25) is 10.0 Å². The maximum absolute atomic E-state index is 12.4. The fraction of sp³-hybridized carbons (Fsp3) is 0.611. The minimum absolute atomic E-state index is 0.143. The van der Waals surface area contributed by atoms with Crippen molar-refractivity contribution in [2.75, 3.05) is 20.2 Å². The minimum Gasteiger partial charge on any atom is -0.468 e. The lowest BCUT2D eigenvalue weighted by molar-refractivity contribution is -0.142. The molecule has 7 heteroatoms. The molecule has 140 valence electrons. The van der Waals surface area contributed by atoms with Crippen molar-refractivity contribution in [3.05, 3.63) is 35.9 Å². The lowest BCUT2D eigenvalue weighted by atomic mass is 9.92. The lowest BCUT2D eigenvalue weighted by Gasteiger charge is -2.23. The molecule has 1 fully saturated rings. The Balaban J connectivity index is 1.88. The van der Waals surface area contributed by atoms with E-state index in [2.05, 4.69) is 10.0 Å². The minimum atomic E-state index is -3.61. The molecule has 6 nitrogen and oxygen atoms in total. The Labute approximate surface area is 150 Å². The number of hydrogen-bond donors (Lipinski definition) is 2. The summed E-state index contributed by atoms with van der Waals surface area (Å²) in [7, 11) is -2.32. The van der Waals surface area contributed by atoms with Crippen LogP contribution in [0.1, 0.15) is 37.7 Å². The molecule has 1 aliphatic rings. The summed E-state index contributed by atoms with van der Waals surface area (Å²) in [6.07, 6.45) is 4.56. The molecule has 1 saturated heterocycles. The molecule has 25 heavy (non-hydrogen) atoms. The van der Waals surface area contributed by atoms with Gasteiger partial charge in [-0.1, -0.05) is 43.2 Å².